The summed E-state index contributed by atoms with van der Waals surface area (Å²) in [6.45, 7) is 11.0. The molecule has 0 spiro atoms. The van der Waals surface area contributed by atoms with Gasteiger partial charge in [0.2, 0.25) is 0 Å². The van der Waals surface area contributed by atoms with E-state index in [2.05, 4.69) is 34.6 Å². The molecule has 0 heterocycles. The molecule has 122 valence electrons. The van der Waals surface area contributed by atoms with Crippen molar-refractivity contribution in [2.45, 2.75) is 46.5 Å². The lowest BCUT2D eigenvalue weighted by molar-refractivity contribution is 0.193. The molecule has 0 saturated carbocycles. The average molecular weight is 307 g/mol. The van der Waals surface area contributed by atoms with Gasteiger partial charge in [0.1, 0.15) is 5.75 Å². The largest absolute Gasteiger partial charge is 0.431 e. The van der Waals surface area contributed by atoms with Gasteiger partial charge in [-0.1, -0.05) is 46.8 Å². The Hall–Kier alpha value is -2.24. The fourth-order valence-corrected chi connectivity index (χ4v) is 2.65. The number of carbonyl (C=O) groups excluding carboxylic acids is 2. The van der Waals surface area contributed by atoms with E-state index in [9.17, 15) is 9.59 Å². The minimum absolute atomic E-state index is 0.0204. The Morgan fingerprint density at radius 2 is 1.59 bits per heavy atom. The number of amides is 3. The number of nitrogens with two attached hydrogens (primary N) is 1. The number of hydrogen-bond donors (Lipinski definition) is 3. The lowest BCUT2D eigenvalue weighted by Gasteiger charge is -2.33. The predicted octanol–water partition coefficient (Wildman–Crippen LogP) is 3.07. The van der Waals surface area contributed by atoms with E-state index in [4.69, 9.17) is 10.5 Å². The fourth-order valence-electron chi connectivity index (χ4n) is 2.65. The quantitative estimate of drug-likeness (QED) is 0.749. The molecule has 1 rings (SSSR count). The van der Waals surface area contributed by atoms with Crippen LogP contribution in [0.4, 0.5) is 9.59 Å². The van der Waals surface area contributed by atoms with Crippen LogP contribution in [0.1, 0.15) is 46.6 Å². The number of rotatable bonds is 3. The first-order valence-corrected chi connectivity index (χ1v) is 7.13. The van der Waals surface area contributed by atoms with Crippen molar-refractivity contribution < 1.29 is 14.3 Å². The molecule has 4 N–H and O–H groups in total. The third kappa shape index (κ3) is 6.03. The number of urea groups is 1. The predicted molar refractivity (Wildman–Crippen MR) is 85.4 cm³/mol. The van der Waals surface area contributed by atoms with Crippen LogP contribution in [-0.2, 0) is 5.41 Å². The number of nitrogens with one attached hydrogen (secondary N) is 2. The normalized spacial score (nSPS) is 11.7. The molecule has 0 aliphatic carbocycles. The summed E-state index contributed by atoms with van der Waals surface area (Å²) < 4.78 is 5.01. The molecule has 0 fully saturated rings. The molecule has 0 aliphatic heterocycles. The van der Waals surface area contributed by atoms with Crippen molar-refractivity contribution in [1.82, 2.24) is 10.9 Å². The first-order valence-electron chi connectivity index (χ1n) is 7.13. The Balaban J connectivity index is 2.70. The summed E-state index contributed by atoms with van der Waals surface area (Å²) in [4.78, 5) is 21.8. The maximum atomic E-state index is 11.4. The molecule has 0 radical (unpaired) electrons. The van der Waals surface area contributed by atoms with Crippen LogP contribution < -0.4 is 21.3 Å². The van der Waals surface area contributed by atoms with E-state index in [1.807, 2.05) is 23.0 Å². The maximum absolute atomic E-state index is 11.4. The Bertz CT molecular complexity index is 531. The molecule has 6 heteroatoms. The molecule has 0 aliphatic rings. The molecule has 1 aromatic rings. The monoisotopic (exact) mass is 307 g/mol. The number of hydrazine groups is 1. The van der Waals surface area contributed by atoms with Gasteiger partial charge in [0.25, 0.3) is 0 Å². The van der Waals surface area contributed by atoms with Gasteiger partial charge in [-0.3, -0.25) is 0 Å². The number of hydrogen-bond acceptors (Lipinski definition) is 3. The van der Waals surface area contributed by atoms with Crippen molar-refractivity contribution in [3.05, 3.63) is 29.8 Å². The van der Waals surface area contributed by atoms with Crippen LogP contribution in [0.3, 0.4) is 0 Å². The third-order valence-corrected chi connectivity index (χ3v) is 3.11. The molecule has 0 atom stereocenters. The fraction of sp³-hybridized carbons (Fsp3) is 0.500. The summed E-state index contributed by atoms with van der Waals surface area (Å²) in [5.41, 5.74) is 10.2. The average Bonchev–Trinajstić information content (AvgIpc) is 2.34. The van der Waals surface area contributed by atoms with Gasteiger partial charge in [-0.25, -0.2) is 20.4 Å². The number of carbonyl (C=O) groups is 2. The zero-order valence-electron chi connectivity index (χ0n) is 13.8. The van der Waals surface area contributed by atoms with Crippen molar-refractivity contribution >= 4 is 12.1 Å². The van der Waals surface area contributed by atoms with Crippen LogP contribution in [0.2, 0.25) is 0 Å². The van der Waals surface area contributed by atoms with Crippen LogP contribution in [-0.4, -0.2) is 12.1 Å². The SMILES string of the molecule is CC(C)(C)CC(C)(C)c1ccc(OC(=O)NNC(N)=O)cc1. The van der Waals surface area contributed by atoms with Gasteiger partial charge in [-0.15, -0.1) is 0 Å². The second-order valence-corrected chi connectivity index (χ2v) is 7.15. The Morgan fingerprint density at radius 1 is 1.05 bits per heavy atom. The van der Waals surface area contributed by atoms with Crippen molar-refractivity contribution in [3.63, 3.8) is 0 Å². The Kier molecular flexibility index (Phi) is 5.41. The molecule has 3 amide bonds. The highest BCUT2D eigenvalue weighted by molar-refractivity contribution is 5.77. The van der Waals surface area contributed by atoms with E-state index in [0.29, 0.717) is 5.75 Å². The highest BCUT2D eigenvalue weighted by atomic mass is 16.6. The molecule has 22 heavy (non-hydrogen) atoms. The summed E-state index contributed by atoms with van der Waals surface area (Å²) in [7, 11) is 0. The van der Waals surface area contributed by atoms with E-state index >= 15 is 0 Å². The molecule has 0 aromatic heterocycles. The standard InChI is InChI=1S/C16H25N3O3/c1-15(2,3)10-16(4,5)11-6-8-12(9-7-11)22-14(21)19-18-13(17)20/h6-9H,10H2,1-5H3,(H,19,21)(H3,17,18,20). The minimum atomic E-state index is -0.865. The summed E-state index contributed by atoms with van der Waals surface area (Å²) >= 11 is 0. The second kappa shape index (κ2) is 6.68. The summed E-state index contributed by atoms with van der Waals surface area (Å²) in [6, 6.07) is 6.47. The summed E-state index contributed by atoms with van der Waals surface area (Å²) in [6.07, 6.45) is 0.226. The molecule has 0 unspecified atom stereocenters. The first kappa shape index (κ1) is 17.8. The second-order valence-electron chi connectivity index (χ2n) is 7.15. The van der Waals surface area contributed by atoms with Gasteiger partial charge in [0.15, 0.2) is 0 Å². The van der Waals surface area contributed by atoms with E-state index in [-0.39, 0.29) is 10.8 Å². The zero-order valence-corrected chi connectivity index (χ0v) is 13.8. The molecule has 6 nitrogen and oxygen atoms in total. The summed E-state index contributed by atoms with van der Waals surface area (Å²) in [5.74, 6) is 0.388. The number of primary amides is 1. The maximum Gasteiger partial charge on any atom is 0.431 e. The van der Waals surface area contributed by atoms with E-state index in [1.54, 1.807) is 12.1 Å². The van der Waals surface area contributed by atoms with Gasteiger partial charge < -0.3 is 10.5 Å². The van der Waals surface area contributed by atoms with Crippen LogP contribution in [0.25, 0.3) is 0 Å². The van der Waals surface area contributed by atoms with Gasteiger partial charge in [-0.05, 0) is 34.9 Å². The third-order valence-electron chi connectivity index (χ3n) is 3.11. The van der Waals surface area contributed by atoms with Gasteiger partial charge in [0.05, 0.1) is 0 Å². The Labute approximate surface area is 131 Å². The van der Waals surface area contributed by atoms with Crippen LogP contribution in [0.5, 0.6) is 5.75 Å². The smallest absolute Gasteiger partial charge is 0.409 e. The lowest BCUT2D eigenvalue weighted by atomic mass is 9.72. The van der Waals surface area contributed by atoms with Crippen molar-refractivity contribution in [2.24, 2.45) is 11.1 Å². The summed E-state index contributed by atoms with van der Waals surface area (Å²) in [5, 5.41) is 0. The number of ether oxygens (including phenoxy) is 1. The zero-order chi connectivity index (χ0) is 17.0. The van der Waals surface area contributed by atoms with Crippen molar-refractivity contribution in [3.8, 4) is 5.75 Å². The topological polar surface area (TPSA) is 93.4 Å². The first-order chi connectivity index (χ1) is 9.99. The van der Waals surface area contributed by atoms with E-state index in [1.165, 1.54) is 5.56 Å². The van der Waals surface area contributed by atoms with Crippen LogP contribution in [0, 0.1) is 5.41 Å². The molecular weight excluding hydrogens is 282 g/mol. The van der Waals surface area contributed by atoms with Crippen molar-refractivity contribution in [1.29, 1.82) is 0 Å². The highest BCUT2D eigenvalue weighted by Gasteiger charge is 2.27. The lowest BCUT2D eigenvalue weighted by Crippen LogP contribution is -2.45. The van der Waals surface area contributed by atoms with Crippen LogP contribution >= 0.6 is 0 Å². The molecule has 1 aromatic carbocycles. The van der Waals surface area contributed by atoms with Crippen LogP contribution in [0.15, 0.2) is 24.3 Å². The molecule has 0 saturated heterocycles. The molecule has 0 bridgehead atoms. The van der Waals surface area contributed by atoms with Crippen molar-refractivity contribution in [2.75, 3.05) is 0 Å². The number of benzene rings is 1. The van der Waals surface area contributed by atoms with E-state index < -0.39 is 12.1 Å². The van der Waals surface area contributed by atoms with E-state index in [0.717, 1.165) is 6.42 Å². The minimum Gasteiger partial charge on any atom is -0.409 e. The van der Waals surface area contributed by atoms with Gasteiger partial charge >= 0.3 is 12.1 Å². The molecular formula is C16H25N3O3. The van der Waals surface area contributed by atoms with Gasteiger partial charge in [0, 0.05) is 0 Å². The highest BCUT2D eigenvalue weighted by Crippen LogP contribution is 2.36. The van der Waals surface area contributed by atoms with Gasteiger partial charge in [-0.2, -0.15) is 0 Å². The Morgan fingerprint density at radius 3 is 2.05 bits per heavy atom.